The molecule has 0 unspecified atom stereocenters. The summed E-state index contributed by atoms with van der Waals surface area (Å²) >= 11 is 3.17. The zero-order valence-electron chi connectivity index (χ0n) is 15.5. The van der Waals surface area contributed by atoms with Crippen molar-refractivity contribution in [3.8, 4) is 5.13 Å². The summed E-state index contributed by atoms with van der Waals surface area (Å²) in [5.41, 5.74) is 5.03. The summed E-state index contributed by atoms with van der Waals surface area (Å²) in [5.74, 6) is -1.06. The second-order valence-electron chi connectivity index (χ2n) is 6.50. The molecule has 0 amide bonds. The fourth-order valence-electron chi connectivity index (χ4n) is 3.23. The Labute approximate surface area is 170 Å². The maximum Gasteiger partial charge on any atom is 0.193 e. The molecule has 0 spiro atoms. The van der Waals surface area contributed by atoms with E-state index in [0.717, 1.165) is 42.9 Å². The number of aryl methyl sites for hydroxylation is 1. The topological polar surface area (TPSA) is 70.8 Å². The van der Waals surface area contributed by atoms with Crippen LogP contribution in [0.1, 0.15) is 34.8 Å². The van der Waals surface area contributed by atoms with E-state index < -0.39 is 5.97 Å². The number of carboxylic acids is 1. The highest BCUT2D eigenvalue weighted by molar-refractivity contribution is 7.19. The van der Waals surface area contributed by atoms with Gasteiger partial charge in [-0.1, -0.05) is 12.1 Å². The molecule has 7 heteroatoms. The number of thiazole rings is 2. The van der Waals surface area contributed by atoms with Crippen molar-refractivity contribution in [3.05, 3.63) is 63.9 Å². The van der Waals surface area contributed by atoms with Gasteiger partial charge in [0.2, 0.25) is 0 Å². The number of allylic oxidation sites excluding steroid dienone is 1. The number of carbonyl (C=O) groups excluding carboxylic acids is 1. The predicted octanol–water partition coefficient (Wildman–Crippen LogP) is 4.23. The smallest absolute Gasteiger partial charge is 0.193 e. The maximum atomic E-state index is 11.1. The first-order valence-electron chi connectivity index (χ1n) is 8.88. The summed E-state index contributed by atoms with van der Waals surface area (Å²) in [5, 5.41) is 14.8. The van der Waals surface area contributed by atoms with E-state index in [-0.39, 0.29) is 6.42 Å². The monoisotopic (exact) mass is 408 g/mol. The van der Waals surface area contributed by atoms with Gasteiger partial charge in [-0.25, -0.2) is 9.97 Å². The van der Waals surface area contributed by atoms with Crippen LogP contribution in [0.25, 0.3) is 27.0 Å². The molecule has 3 heterocycles. The average Bonchev–Trinajstić information content (AvgIpc) is 3.38. The normalized spacial score (nSPS) is 12.0. The number of para-hydroxylation sites is 1. The molecule has 0 aliphatic rings. The van der Waals surface area contributed by atoms with E-state index in [2.05, 4.69) is 22.5 Å². The molecule has 0 fully saturated rings. The second kappa shape index (κ2) is 7.69. The maximum absolute atomic E-state index is 11.1. The van der Waals surface area contributed by atoms with Crippen LogP contribution in [0.2, 0.25) is 0 Å². The van der Waals surface area contributed by atoms with Crippen molar-refractivity contribution in [3.63, 3.8) is 0 Å². The Morgan fingerprint density at radius 1 is 1.25 bits per heavy atom. The van der Waals surface area contributed by atoms with Crippen molar-refractivity contribution >= 4 is 50.5 Å². The largest absolute Gasteiger partial charge is 0.550 e. The zero-order chi connectivity index (χ0) is 19.7. The lowest BCUT2D eigenvalue weighted by atomic mass is 10.1. The van der Waals surface area contributed by atoms with Crippen LogP contribution in [0.4, 0.5) is 0 Å². The van der Waals surface area contributed by atoms with E-state index in [0.29, 0.717) is 6.42 Å². The summed E-state index contributed by atoms with van der Waals surface area (Å²) in [6.45, 7) is 4.10. The Hall–Kier alpha value is -2.77. The number of aromatic nitrogens is 3. The average molecular weight is 409 g/mol. The molecule has 0 saturated carbocycles. The lowest BCUT2D eigenvalue weighted by molar-refractivity contribution is -0.305. The standard InChI is InChI=1S/C21H19N3O2S2/c1-13-11-16(14(2)24(13)21-22-9-10-27-21)12-15(7-8-19(25)26)20-23-17-5-3-4-6-18(17)28-20/h3-6,9-12H,7-8H2,1-2H3,(H,25,26)/p-1/b15-12+. The molecule has 1 aromatic carbocycles. The van der Waals surface area contributed by atoms with Crippen LogP contribution < -0.4 is 5.11 Å². The van der Waals surface area contributed by atoms with Crippen molar-refractivity contribution in [2.24, 2.45) is 0 Å². The molecule has 4 aromatic rings. The van der Waals surface area contributed by atoms with Crippen LogP contribution >= 0.6 is 22.7 Å². The van der Waals surface area contributed by atoms with Crippen molar-refractivity contribution in [2.75, 3.05) is 0 Å². The number of aliphatic carboxylic acids is 1. The Bertz CT molecular complexity index is 1140. The number of hydrogen-bond acceptors (Lipinski definition) is 6. The molecule has 28 heavy (non-hydrogen) atoms. The third-order valence-electron chi connectivity index (χ3n) is 4.58. The molecule has 0 saturated heterocycles. The van der Waals surface area contributed by atoms with Crippen molar-refractivity contribution in [1.29, 1.82) is 0 Å². The number of hydrogen-bond donors (Lipinski definition) is 0. The molecule has 0 aliphatic carbocycles. The molecule has 142 valence electrons. The third kappa shape index (κ3) is 3.63. The van der Waals surface area contributed by atoms with Gasteiger partial charge < -0.3 is 9.90 Å². The van der Waals surface area contributed by atoms with Gasteiger partial charge in [-0.2, -0.15) is 0 Å². The quantitative estimate of drug-likeness (QED) is 0.479. The molecule has 0 radical (unpaired) electrons. The molecular formula is C21H18N3O2S2-. The molecule has 0 atom stereocenters. The summed E-state index contributed by atoms with van der Waals surface area (Å²) in [7, 11) is 0. The first-order chi connectivity index (χ1) is 13.5. The van der Waals surface area contributed by atoms with E-state index in [9.17, 15) is 9.90 Å². The highest BCUT2D eigenvalue weighted by Gasteiger charge is 2.14. The summed E-state index contributed by atoms with van der Waals surface area (Å²) in [6.07, 6.45) is 4.18. The van der Waals surface area contributed by atoms with Crippen molar-refractivity contribution in [2.45, 2.75) is 26.7 Å². The highest BCUT2D eigenvalue weighted by atomic mass is 32.1. The minimum atomic E-state index is -1.06. The number of rotatable bonds is 6. The predicted molar refractivity (Wildman–Crippen MR) is 113 cm³/mol. The Morgan fingerprint density at radius 2 is 2.07 bits per heavy atom. The highest BCUT2D eigenvalue weighted by Crippen LogP contribution is 2.32. The third-order valence-corrected chi connectivity index (χ3v) is 6.45. The van der Waals surface area contributed by atoms with Crippen LogP contribution in [-0.4, -0.2) is 20.5 Å². The van der Waals surface area contributed by atoms with Gasteiger partial charge in [0.1, 0.15) is 5.01 Å². The first kappa shape index (κ1) is 18.6. The molecule has 0 N–H and O–H groups in total. The van der Waals surface area contributed by atoms with E-state index in [1.165, 1.54) is 0 Å². The van der Waals surface area contributed by atoms with Gasteiger partial charge in [-0.15, -0.1) is 22.7 Å². The van der Waals surface area contributed by atoms with Crippen LogP contribution in [0.3, 0.4) is 0 Å². The molecular weight excluding hydrogens is 390 g/mol. The van der Waals surface area contributed by atoms with Crippen molar-refractivity contribution < 1.29 is 9.90 Å². The van der Waals surface area contributed by atoms with Gasteiger partial charge in [-0.3, -0.25) is 4.57 Å². The van der Waals surface area contributed by atoms with Crippen LogP contribution in [0.5, 0.6) is 0 Å². The van der Waals surface area contributed by atoms with Gasteiger partial charge in [0, 0.05) is 28.9 Å². The molecule has 4 rings (SSSR count). The van der Waals surface area contributed by atoms with E-state index in [4.69, 9.17) is 4.98 Å². The molecule has 5 nitrogen and oxygen atoms in total. The van der Waals surface area contributed by atoms with E-state index >= 15 is 0 Å². The Morgan fingerprint density at radius 3 is 2.79 bits per heavy atom. The summed E-state index contributed by atoms with van der Waals surface area (Å²) in [4.78, 5) is 20.2. The molecule has 0 aliphatic heterocycles. The fourth-order valence-corrected chi connectivity index (χ4v) is 4.99. The number of benzene rings is 1. The van der Waals surface area contributed by atoms with Crippen LogP contribution in [-0.2, 0) is 4.79 Å². The van der Waals surface area contributed by atoms with Gasteiger partial charge in [0.05, 0.1) is 10.2 Å². The lowest BCUT2D eigenvalue weighted by Gasteiger charge is -2.07. The Balaban J connectivity index is 1.79. The SMILES string of the molecule is Cc1cc(/C=C(\CCC(=O)[O-])c2nc3ccccc3s2)c(C)n1-c1nccs1. The van der Waals surface area contributed by atoms with E-state index in [1.54, 1.807) is 28.9 Å². The minimum absolute atomic E-state index is 0.0347. The zero-order valence-corrected chi connectivity index (χ0v) is 17.1. The number of carbonyl (C=O) groups is 1. The summed E-state index contributed by atoms with van der Waals surface area (Å²) in [6, 6.07) is 10.0. The number of carboxylic acid groups (broad SMARTS) is 1. The van der Waals surface area contributed by atoms with Gasteiger partial charge >= 0.3 is 0 Å². The van der Waals surface area contributed by atoms with Gasteiger partial charge in [0.25, 0.3) is 0 Å². The van der Waals surface area contributed by atoms with Crippen LogP contribution in [0, 0.1) is 13.8 Å². The van der Waals surface area contributed by atoms with E-state index in [1.807, 2.05) is 42.6 Å². The summed E-state index contributed by atoms with van der Waals surface area (Å²) < 4.78 is 3.20. The first-order valence-corrected chi connectivity index (χ1v) is 10.6. The Kier molecular flexibility index (Phi) is 5.11. The fraction of sp³-hybridized carbons (Fsp3) is 0.190. The number of nitrogens with zero attached hydrogens (tertiary/aromatic N) is 3. The van der Waals surface area contributed by atoms with Gasteiger partial charge in [0.15, 0.2) is 5.13 Å². The second-order valence-corrected chi connectivity index (χ2v) is 8.41. The molecule has 0 bridgehead atoms. The van der Waals surface area contributed by atoms with Gasteiger partial charge in [-0.05, 0) is 62.1 Å². The molecule has 3 aromatic heterocycles. The van der Waals surface area contributed by atoms with Crippen LogP contribution in [0.15, 0.2) is 41.9 Å². The number of fused-ring (bicyclic) bond motifs is 1. The minimum Gasteiger partial charge on any atom is -0.550 e. The lowest BCUT2D eigenvalue weighted by Crippen LogP contribution is -2.21. The van der Waals surface area contributed by atoms with Crippen molar-refractivity contribution in [1.82, 2.24) is 14.5 Å².